The molecule has 3 nitrogen and oxygen atoms in total. The van der Waals surface area contributed by atoms with Crippen molar-refractivity contribution in [2.24, 2.45) is 5.41 Å². The number of rotatable bonds is 7. The first-order valence-electron chi connectivity index (χ1n) is 5.63. The molecule has 0 radical (unpaired) electrons. The Morgan fingerprint density at radius 2 is 2.36 bits per heavy atom. The van der Waals surface area contributed by atoms with Crippen LogP contribution in [0.5, 0.6) is 0 Å². The third-order valence-corrected chi connectivity index (χ3v) is 2.94. The van der Waals surface area contributed by atoms with Crippen LogP contribution in [0.1, 0.15) is 26.2 Å². The fraction of sp³-hybridized carbons (Fsp3) is 1.00. The smallest absolute Gasteiger partial charge is 0.0535 e. The molecule has 0 amide bonds. The summed E-state index contributed by atoms with van der Waals surface area (Å²) < 4.78 is 10.8. The Hall–Kier alpha value is -0.120. The van der Waals surface area contributed by atoms with E-state index in [1.165, 1.54) is 12.8 Å². The van der Waals surface area contributed by atoms with Crippen LogP contribution in [0.2, 0.25) is 0 Å². The highest BCUT2D eigenvalue weighted by Gasteiger charge is 2.33. The first kappa shape index (κ1) is 12.0. The van der Waals surface area contributed by atoms with Gasteiger partial charge in [-0.2, -0.15) is 0 Å². The molecule has 1 atom stereocenters. The summed E-state index contributed by atoms with van der Waals surface area (Å²) in [6.07, 6.45) is 3.56. The van der Waals surface area contributed by atoms with E-state index in [-0.39, 0.29) is 0 Å². The molecule has 1 N–H and O–H groups in total. The summed E-state index contributed by atoms with van der Waals surface area (Å²) in [5.74, 6) is 0. The van der Waals surface area contributed by atoms with Crippen LogP contribution in [0.4, 0.5) is 0 Å². The third-order valence-electron chi connectivity index (χ3n) is 2.94. The minimum atomic E-state index is 0.381. The van der Waals surface area contributed by atoms with E-state index in [2.05, 4.69) is 5.32 Å². The molecule has 84 valence electrons. The lowest BCUT2D eigenvalue weighted by Gasteiger charge is -2.26. The van der Waals surface area contributed by atoms with Crippen LogP contribution >= 0.6 is 0 Å². The molecular weight excluding hydrogens is 178 g/mol. The zero-order valence-corrected chi connectivity index (χ0v) is 9.47. The molecule has 1 saturated heterocycles. The highest BCUT2D eigenvalue weighted by Crippen LogP contribution is 2.32. The van der Waals surface area contributed by atoms with Crippen molar-refractivity contribution >= 4 is 0 Å². The minimum absolute atomic E-state index is 0.381. The Morgan fingerprint density at radius 3 is 2.93 bits per heavy atom. The van der Waals surface area contributed by atoms with Gasteiger partial charge in [0.2, 0.25) is 0 Å². The van der Waals surface area contributed by atoms with Crippen LogP contribution in [0.25, 0.3) is 0 Å². The molecule has 0 aromatic heterocycles. The SMILES string of the molecule is CCOCCCC1(CNC)CCOC1. The molecule has 0 aliphatic carbocycles. The van der Waals surface area contributed by atoms with Gasteiger partial charge >= 0.3 is 0 Å². The standard InChI is InChI=1S/C11H23NO2/c1-3-13-7-4-5-11(9-12-2)6-8-14-10-11/h12H,3-10H2,1-2H3. The predicted molar refractivity (Wildman–Crippen MR) is 57.5 cm³/mol. The third kappa shape index (κ3) is 3.56. The van der Waals surface area contributed by atoms with Crippen molar-refractivity contribution in [3.63, 3.8) is 0 Å². The topological polar surface area (TPSA) is 30.5 Å². The molecule has 0 saturated carbocycles. The maximum absolute atomic E-state index is 5.49. The number of nitrogens with one attached hydrogen (secondary N) is 1. The van der Waals surface area contributed by atoms with Gasteiger partial charge in [0.05, 0.1) is 6.61 Å². The molecule has 14 heavy (non-hydrogen) atoms. The Bertz CT molecular complexity index is 144. The molecule has 0 spiro atoms. The maximum Gasteiger partial charge on any atom is 0.0535 e. The van der Waals surface area contributed by atoms with Crippen molar-refractivity contribution in [1.82, 2.24) is 5.32 Å². The highest BCUT2D eigenvalue weighted by atomic mass is 16.5. The van der Waals surface area contributed by atoms with Gasteiger partial charge in [-0.3, -0.25) is 0 Å². The van der Waals surface area contributed by atoms with Gasteiger partial charge in [0, 0.05) is 31.8 Å². The van der Waals surface area contributed by atoms with Gasteiger partial charge in [-0.15, -0.1) is 0 Å². The van der Waals surface area contributed by atoms with Crippen molar-refractivity contribution < 1.29 is 9.47 Å². The zero-order chi connectivity index (χ0) is 10.3. The Labute approximate surface area is 87.2 Å². The van der Waals surface area contributed by atoms with E-state index in [9.17, 15) is 0 Å². The van der Waals surface area contributed by atoms with Gasteiger partial charge in [0.15, 0.2) is 0 Å². The molecule has 1 unspecified atom stereocenters. The van der Waals surface area contributed by atoms with Crippen LogP contribution in [-0.2, 0) is 9.47 Å². The fourth-order valence-electron chi connectivity index (χ4n) is 2.14. The summed E-state index contributed by atoms with van der Waals surface area (Å²) in [6, 6.07) is 0. The van der Waals surface area contributed by atoms with E-state index >= 15 is 0 Å². The number of hydrogen-bond donors (Lipinski definition) is 1. The quantitative estimate of drug-likeness (QED) is 0.632. The largest absolute Gasteiger partial charge is 0.382 e. The lowest BCUT2D eigenvalue weighted by atomic mass is 9.82. The fourth-order valence-corrected chi connectivity index (χ4v) is 2.14. The van der Waals surface area contributed by atoms with Crippen molar-refractivity contribution in [1.29, 1.82) is 0 Å². The summed E-state index contributed by atoms with van der Waals surface area (Å²) in [6.45, 7) is 6.68. The van der Waals surface area contributed by atoms with Crippen molar-refractivity contribution in [2.45, 2.75) is 26.2 Å². The maximum atomic E-state index is 5.49. The van der Waals surface area contributed by atoms with Gasteiger partial charge in [-0.25, -0.2) is 0 Å². The first-order valence-corrected chi connectivity index (χ1v) is 5.63. The van der Waals surface area contributed by atoms with Gasteiger partial charge < -0.3 is 14.8 Å². The van der Waals surface area contributed by atoms with Crippen LogP contribution in [0, 0.1) is 5.41 Å². The lowest BCUT2D eigenvalue weighted by molar-refractivity contribution is 0.112. The molecule has 1 aliphatic rings. The average Bonchev–Trinajstić information content (AvgIpc) is 2.63. The van der Waals surface area contributed by atoms with Crippen molar-refractivity contribution in [3.05, 3.63) is 0 Å². The van der Waals surface area contributed by atoms with Crippen LogP contribution < -0.4 is 5.32 Å². The summed E-state index contributed by atoms with van der Waals surface area (Å²) in [5.41, 5.74) is 0.381. The molecule has 0 aromatic rings. The molecule has 1 fully saturated rings. The second-order valence-electron chi connectivity index (χ2n) is 4.13. The Balaban J connectivity index is 2.21. The monoisotopic (exact) mass is 201 g/mol. The van der Waals surface area contributed by atoms with Crippen LogP contribution in [0.3, 0.4) is 0 Å². The van der Waals surface area contributed by atoms with Crippen LogP contribution in [0.15, 0.2) is 0 Å². The predicted octanol–water partition coefficient (Wildman–Crippen LogP) is 1.43. The van der Waals surface area contributed by atoms with E-state index in [4.69, 9.17) is 9.47 Å². The molecule has 0 aromatic carbocycles. The molecular formula is C11H23NO2. The molecule has 1 rings (SSSR count). The second kappa shape index (κ2) is 6.38. The molecule has 3 heteroatoms. The van der Waals surface area contributed by atoms with Gasteiger partial charge in [-0.05, 0) is 33.2 Å². The molecule has 1 heterocycles. The zero-order valence-electron chi connectivity index (χ0n) is 9.47. The summed E-state index contributed by atoms with van der Waals surface area (Å²) in [5, 5.41) is 3.27. The van der Waals surface area contributed by atoms with Gasteiger partial charge in [0.1, 0.15) is 0 Å². The van der Waals surface area contributed by atoms with E-state index in [1.807, 2.05) is 14.0 Å². The molecule has 0 bridgehead atoms. The Morgan fingerprint density at radius 1 is 1.50 bits per heavy atom. The second-order valence-corrected chi connectivity index (χ2v) is 4.13. The van der Waals surface area contributed by atoms with E-state index in [0.717, 1.165) is 39.4 Å². The highest BCUT2D eigenvalue weighted by molar-refractivity contribution is 4.84. The van der Waals surface area contributed by atoms with Crippen LogP contribution in [-0.4, -0.2) is 40.0 Å². The minimum Gasteiger partial charge on any atom is -0.382 e. The Kier molecular flexibility index (Phi) is 5.45. The van der Waals surface area contributed by atoms with E-state index in [1.54, 1.807) is 0 Å². The number of hydrogen-bond acceptors (Lipinski definition) is 3. The molecule has 1 aliphatic heterocycles. The summed E-state index contributed by atoms with van der Waals surface area (Å²) >= 11 is 0. The summed E-state index contributed by atoms with van der Waals surface area (Å²) in [7, 11) is 2.02. The van der Waals surface area contributed by atoms with E-state index < -0.39 is 0 Å². The van der Waals surface area contributed by atoms with Gasteiger partial charge in [-0.1, -0.05) is 0 Å². The van der Waals surface area contributed by atoms with Crippen molar-refractivity contribution in [3.8, 4) is 0 Å². The van der Waals surface area contributed by atoms with Crippen molar-refractivity contribution in [2.75, 3.05) is 40.0 Å². The van der Waals surface area contributed by atoms with E-state index in [0.29, 0.717) is 5.41 Å². The first-order chi connectivity index (χ1) is 6.83. The normalized spacial score (nSPS) is 27.0. The van der Waals surface area contributed by atoms with Gasteiger partial charge in [0.25, 0.3) is 0 Å². The summed E-state index contributed by atoms with van der Waals surface area (Å²) in [4.78, 5) is 0. The lowest BCUT2D eigenvalue weighted by Crippen LogP contribution is -2.33. The average molecular weight is 201 g/mol. The number of ether oxygens (including phenoxy) is 2.